The highest BCUT2D eigenvalue weighted by Crippen LogP contribution is 2.51. The molecular weight excluding hydrogens is 657 g/mol. The Hall–Kier alpha value is -6.84. The first-order valence-corrected chi connectivity index (χ1v) is 18.7. The third kappa shape index (κ3) is 4.48. The lowest BCUT2D eigenvalue weighted by Crippen LogP contribution is -2.16. The molecule has 3 heteroatoms. The summed E-state index contributed by atoms with van der Waals surface area (Å²) in [5.74, 6) is 0. The Morgan fingerprint density at radius 2 is 1.07 bits per heavy atom. The fourth-order valence-electron chi connectivity index (χ4n) is 9.05. The van der Waals surface area contributed by atoms with Gasteiger partial charge in [0.2, 0.25) is 0 Å². The normalized spacial score (nSPS) is 13.1. The van der Waals surface area contributed by atoms with E-state index in [0.29, 0.717) is 0 Å². The minimum atomic E-state index is -0.129. The maximum absolute atomic E-state index is 6.51. The van der Waals surface area contributed by atoms with Gasteiger partial charge in [0, 0.05) is 49.7 Å². The van der Waals surface area contributed by atoms with Crippen LogP contribution in [0.1, 0.15) is 25.0 Å². The predicted octanol–water partition coefficient (Wildman–Crippen LogP) is 14.1. The van der Waals surface area contributed by atoms with Crippen molar-refractivity contribution < 1.29 is 4.42 Å². The van der Waals surface area contributed by atoms with Gasteiger partial charge in [-0.05, 0) is 106 Å². The average Bonchev–Trinajstić information content (AvgIpc) is 3.84. The minimum absolute atomic E-state index is 0.129. The SMILES string of the molecule is CC1(C)c2ccccc2-c2ccc(N(c3ccc4oc5cccc(-c6ccccc6)c5c4c3)c3ccc4c(c3)c3ccccc3n4-c3ccccc3)cc21. The van der Waals surface area contributed by atoms with Crippen LogP contribution in [0.2, 0.25) is 0 Å². The molecular formula is C51H36N2O. The van der Waals surface area contributed by atoms with Crippen LogP contribution >= 0.6 is 0 Å². The molecule has 0 fully saturated rings. The van der Waals surface area contributed by atoms with Gasteiger partial charge in [-0.2, -0.15) is 0 Å². The fourth-order valence-corrected chi connectivity index (χ4v) is 9.05. The second kappa shape index (κ2) is 11.6. The van der Waals surface area contributed by atoms with Crippen molar-refractivity contribution >= 4 is 60.8 Å². The first kappa shape index (κ1) is 30.8. The number of furan rings is 1. The van der Waals surface area contributed by atoms with Crippen LogP contribution in [0.5, 0.6) is 0 Å². The first-order chi connectivity index (χ1) is 26.5. The van der Waals surface area contributed by atoms with Crippen molar-refractivity contribution in [1.82, 2.24) is 4.57 Å². The number of hydrogen-bond donors (Lipinski definition) is 0. The van der Waals surface area contributed by atoms with E-state index in [9.17, 15) is 0 Å². The van der Waals surface area contributed by atoms with E-state index in [2.05, 4.69) is 205 Å². The molecule has 3 nitrogen and oxygen atoms in total. The molecule has 0 amide bonds. The molecule has 0 bridgehead atoms. The van der Waals surface area contributed by atoms with Crippen LogP contribution in [0.15, 0.2) is 186 Å². The Balaban J connectivity index is 1.17. The number of benzene rings is 8. The summed E-state index contributed by atoms with van der Waals surface area (Å²) in [4.78, 5) is 2.43. The predicted molar refractivity (Wildman–Crippen MR) is 226 cm³/mol. The molecule has 2 heterocycles. The van der Waals surface area contributed by atoms with E-state index >= 15 is 0 Å². The summed E-state index contributed by atoms with van der Waals surface area (Å²) in [7, 11) is 0. The van der Waals surface area contributed by atoms with Gasteiger partial charge >= 0.3 is 0 Å². The summed E-state index contributed by atoms with van der Waals surface area (Å²) in [5.41, 5.74) is 16.2. The second-order valence-electron chi connectivity index (χ2n) is 15.0. The zero-order valence-corrected chi connectivity index (χ0v) is 30.1. The van der Waals surface area contributed by atoms with Gasteiger partial charge in [-0.3, -0.25) is 0 Å². The molecule has 11 rings (SSSR count). The molecule has 0 saturated carbocycles. The number of aromatic nitrogens is 1. The van der Waals surface area contributed by atoms with Crippen LogP contribution in [0, 0.1) is 0 Å². The van der Waals surface area contributed by atoms with Crippen LogP contribution in [-0.4, -0.2) is 4.57 Å². The Bertz CT molecular complexity index is 3070. The van der Waals surface area contributed by atoms with Crippen molar-refractivity contribution in [1.29, 1.82) is 0 Å². The van der Waals surface area contributed by atoms with Gasteiger partial charge in [0.15, 0.2) is 0 Å². The lowest BCUT2D eigenvalue weighted by atomic mass is 9.82. The van der Waals surface area contributed by atoms with Crippen molar-refractivity contribution in [3.63, 3.8) is 0 Å². The Labute approximate surface area is 314 Å². The Morgan fingerprint density at radius 1 is 0.444 bits per heavy atom. The highest BCUT2D eigenvalue weighted by atomic mass is 16.3. The highest BCUT2D eigenvalue weighted by molar-refractivity contribution is 6.14. The highest BCUT2D eigenvalue weighted by Gasteiger charge is 2.36. The van der Waals surface area contributed by atoms with Gasteiger partial charge in [-0.25, -0.2) is 0 Å². The summed E-state index contributed by atoms with van der Waals surface area (Å²) in [6.07, 6.45) is 0. The van der Waals surface area contributed by atoms with Crippen LogP contribution in [0.4, 0.5) is 17.1 Å². The number of fused-ring (bicyclic) bond motifs is 9. The monoisotopic (exact) mass is 692 g/mol. The van der Waals surface area contributed by atoms with E-state index in [-0.39, 0.29) is 5.41 Å². The fraction of sp³-hybridized carbons (Fsp3) is 0.0588. The van der Waals surface area contributed by atoms with E-state index in [0.717, 1.165) is 44.7 Å². The minimum Gasteiger partial charge on any atom is -0.456 e. The average molecular weight is 693 g/mol. The van der Waals surface area contributed by atoms with Gasteiger partial charge in [0.05, 0.1) is 11.0 Å². The van der Waals surface area contributed by atoms with Crippen molar-refractivity contribution in [2.24, 2.45) is 0 Å². The maximum atomic E-state index is 6.51. The van der Waals surface area contributed by atoms with E-state index in [1.807, 2.05) is 0 Å². The van der Waals surface area contributed by atoms with E-state index in [1.165, 1.54) is 55.2 Å². The number of rotatable bonds is 5. The number of para-hydroxylation sites is 2. The third-order valence-electron chi connectivity index (χ3n) is 11.6. The van der Waals surface area contributed by atoms with E-state index < -0.39 is 0 Å². The molecule has 0 unspecified atom stereocenters. The lowest BCUT2D eigenvalue weighted by molar-refractivity contribution is 0.660. The van der Waals surface area contributed by atoms with Gasteiger partial charge in [0.1, 0.15) is 11.2 Å². The van der Waals surface area contributed by atoms with E-state index in [1.54, 1.807) is 0 Å². The van der Waals surface area contributed by atoms with Crippen molar-refractivity contribution in [2.45, 2.75) is 19.3 Å². The second-order valence-corrected chi connectivity index (χ2v) is 15.0. The van der Waals surface area contributed by atoms with Crippen LogP contribution in [0.3, 0.4) is 0 Å². The zero-order valence-electron chi connectivity index (χ0n) is 30.1. The summed E-state index contributed by atoms with van der Waals surface area (Å²) >= 11 is 0. The number of anilines is 3. The molecule has 0 radical (unpaired) electrons. The molecule has 1 aliphatic carbocycles. The number of nitrogens with zero attached hydrogens (tertiary/aromatic N) is 2. The smallest absolute Gasteiger partial charge is 0.136 e. The summed E-state index contributed by atoms with van der Waals surface area (Å²) in [6.45, 7) is 4.70. The standard InChI is InChI=1S/C51H36N2O/c1-51(2)44-21-11-9-18-39(44)40-27-24-37(32-45(40)51)52(35-25-28-47-42(30-35)41-19-10-12-22-46(41)53(47)34-16-7-4-8-17-34)36-26-29-48-43(31-36)50-38(20-13-23-49(50)54-48)33-14-5-3-6-15-33/h3-32H,1-2H3. The molecule has 0 saturated heterocycles. The molecule has 1 aliphatic rings. The summed E-state index contributed by atoms with van der Waals surface area (Å²) in [6, 6.07) is 65.9. The maximum Gasteiger partial charge on any atom is 0.136 e. The van der Waals surface area contributed by atoms with Gasteiger partial charge in [-0.15, -0.1) is 0 Å². The quantitative estimate of drug-likeness (QED) is 0.179. The molecule has 8 aromatic carbocycles. The Morgan fingerprint density at radius 3 is 1.93 bits per heavy atom. The zero-order chi connectivity index (χ0) is 36.0. The molecule has 0 spiro atoms. The number of hydrogen-bond acceptors (Lipinski definition) is 2. The van der Waals surface area contributed by atoms with Gasteiger partial charge in [0.25, 0.3) is 0 Å². The molecule has 256 valence electrons. The molecule has 2 aromatic heterocycles. The van der Waals surface area contributed by atoms with Gasteiger partial charge < -0.3 is 13.9 Å². The first-order valence-electron chi connectivity index (χ1n) is 18.7. The van der Waals surface area contributed by atoms with Gasteiger partial charge in [-0.1, -0.05) is 123 Å². The molecule has 0 N–H and O–H groups in total. The molecule has 54 heavy (non-hydrogen) atoms. The molecule has 0 aliphatic heterocycles. The summed E-state index contributed by atoms with van der Waals surface area (Å²) < 4.78 is 8.89. The van der Waals surface area contributed by atoms with Crippen molar-refractivity contribution in [3.8, 4) is 27.9 Å². The van der Waals surface area contributed by atoms with Crippen molar-refractivity contribution in [3.05, 3.63) is 193 Å². The topological polar surface area (TPSA) is 21.3 Å². The molecule has 10 aromatic rings. The summed E-state index contributed by atoms with van der Waals surface area (Å²) in [5, 5.41) is 4.68. The Kier molecular flexibility index (Phi) is 6.60. The van der Waals surface area contributed by atoms with E-state index in [4.69, 9.17) is 4.42 Å². The largest absolute Gasteiger partial charge is 0.456 e. The van der Waals surface area contributed by atoms with Crippen LogP contribution in [-0.2, 0) is 5.41 Å². The van der Waals surface area contributed by atoms with Crippen LogP contribution < -0.4 is 4.90 Å². The molecule has 0 atom stereocenters. The lowest BCUT2D eigenvalue weighted by Gasteiger charge is -2.28. The van der Waals surface area contributed by atoms with Crippen LogP contribution in [0.25, 0.3) is 71.7 Å². The third-order valence-corrected chi connectivity index (χ3v) is 11.6. The van der Waals surface area contributed by atoms with Crippen molar-refractivity contribution in [2.75, 3.05) is 4.90 Å².